The molecule has 0 bridgehead atoms. The third-order valence-electron chi connectivity index (χ3n) is 5.07. The number of carbonyl (C=O) groups excluding carboxylic acids is 2. The molecule has 2 aromatic carbocycles. The van der Waals surface area contributed by atoms with Gasteiger partial charge in [-0.05, 0) is 43.5 Å². The van der Waals surface area contributed by atoms with Crippen LogP contribution in [-0.4, -0.2) is 36.9 Å². The van der Waals surface area contributed by atoms with E-state index in [1.165, 1.54) is 0 Å². The van der Waals surface area contributed by atoms with Crippen LogP contribution in [0.4, 0.5) is 10.5 Å². The van der Waals surface area contributed by atoms with Gasteiger partial charge >= 0.3 is 6.09 Å². The van der Waals surface area contributed by atoms with Crippen LogP contribution in [0, 0.1) is 0 Å². The molecule has 1 aliphatic carbocycles. The quantitative estimate of drug-likeness (QED) is 0.826. The van der Waals surface area contributed by atoms with Crippen LogP contribution in [0.15, 0.2) is 54.6 Å². The second-order valence-corrected chi connectivity index (χ2v) is 7.25. The number of amides is 2. The Labute approximate surface area is 169 Å². The lowest BCUT2D eigenvalue weighted by Crippen LogP contribution is -2.49. The zero-order valence-electron chi connectivity index (χ0n) is 16.0. The van der Waals surface area contributed by atoms with Crippen LogP contribution in [0.1, 0.15) is 25.7 Å². The van der Waals surface area contributed by atoms with Crippen molar-refractivity contribution in [2.45, 2.75) is 43.9 Å². The molecular formula is C22H24N2O5. The summed E-state index contributed by atoms with van der Waals surface area (Å²) >= 11 is 0. The van der Waals surface area contributed by atoms with E-state index in [4.69, 9.17) is 14.2 Å². The van der Waals surface area contributed by atoms with Crippen LogP contribution in [0.5, 0.6) is 11.5 Å². The molecule has 3 atom stereocenters. The number of para-hydroxylation sites is 3. The molecule has 0 saturated heterocycles. The molecule has 0 radical (unpaired) electrons. The van der Waals surface area contributed by atoms with Gasteiger partial charge in [0.2, 0.25) is 6.10 Å². The zero-order chi connectivity index (χ0) is 20.1. The van der Waals surface area contributed by atoms with Crippen LogP contribution < -0.4 is 20.1 Å². The Morgan fingerprint density at radius 2 is 1.72 bits per heavy atom. The van der Waals surface area contributed by atoms with Gasteiger partial charge in [-0.2, -0.15) is 0 Å². The summed E-state index contributed by atoms with van der Waals surface area (Å²) in [4.78, 5) is 24.7. The molecular weight excluding hydrogens is 372 g/mol. The maximum atomic E-state index is 12.6. The highest BCUT2D eigenvalue weighted by Gasteiger charge is 2.31. The first kappa shape index (κ1) is 19.1. The minimum absolute atomic E-state index is 0.0634. The number of hydrogen-bond donors (Lipinski definition) is 2. The third kappa shape index (κ3) is 4.99. The lowest BCUT2D eigenvalue weighted by atomic mass is 9.92. The van der Waals surface area contributed by atoms with Gasteiger partial charge < -0.3 is 19.5 Å². The smallest absolute Gasteiger partial charge is 0.411 e. The Morgan fingerprint density at radius 1 is 0.966 bits per heavy atom. The SMILES string of the molecule is O=C(Nc1ccccc1)O[C@H]1CCC[C@H](NC(=O)[C@@H]2COc3ccccc3O2)C1. The van der Waals surface area contributed by atoms with Crippen LogP contribution in [-0.2, 0) is 9.53 Å². The number of benzene rings is 2. The van der Waals surface area contributed by atoms with E-state index in [1.54, 1.807) is 18.2 Å². The third-order valence-corrected chi connectivity index (χ3v) is 5.07. The summed E-state index contributed by atoms with van der Waals surface area (Å²) in [5, 5.41) is 5.74. The number of nitrogens with one attached hydrogen (secondary N) is 2. The summed E-state index contributed by atoms with van der Waals surface area (Å²) in [5.74, 6) is 1.01. The molecule has 0 unspecified atom stereocenters. The normalized spacial score (nSPS) is 23.0. The first-order valence-corrected chi connectivity index (χ1v) is 9.89. The summed E-state index contributed by atoms with van der Waals surface area (Å²) in [5.41, 5.74) is 0.688. The molecule has 2 aromatic rings. The van der Waals surface area contributed by atoms with E-state index in [0.717, 1.165) is 19.3 Å². The highest BCUT2D eigenvalue weighted by Crippen LogP contribution is 2.31. The Bertz CT molecular complexity index is 857. The standard InChI is InChI=1S/C22H24N2O5/c25-21(20-14-27-18-11-4-5-12-19(18)29-20)23-16-9-6-10-17(13-16)28-22(26)24-15-7-2-1-3-8-15/h1-5,7-8,11-12,16-17,20H,6,9-10,13-14H2,(H,23,25)(H,24,26)/t16-,17-,20-/m0/s1. The van der Waals surface area contributed by atoms with Gasteiger partial charge in [0, 0.05) is 18.2 Å². The molecule has 7 heteroatoms. The van der Waals surface area contributed by atoms with Gasteiger partial charge in [-0.15, -0.1) is 0 Å². The van der Waals surface area contributed by atoms with Gasteiger partial charge in [0.05, 0.1) is 0 Å². The Balaban J connectivity index is 1.26. The number of hydrogen-bond acceptors (Lipinski definition) is 5. The summed E-state index contributed by atoms with van der Waals surface area (Å²) in [6.07, 6.45) is 1.68. The molecule has 0 spiro atoms. The van der Waals surface area contributed by atoms with E-state index >= 15 is 0 Å². The van der Waals surface area contributed by atoms with Gasteiger partial charge in [-0.25, -0.2) is 4.79 Å². The number of fused-ring (bicyclic) bond motifs is 1. The Hall–Kier alpha value is -3.22. The summed E-state index contributed by atoms with van der Waals surface area (Å²) in [7, 11) is 0. The maximum absolute atomic E-state index is 12.6. The van der Waals surface area contributed by atoms with Crippen molar-refractivity contribution in [3.05, 3.63) is 54.6 Å². The molecule has 29 heavy (non-hydrogen) atoms. The van der Waals surface area contributed by atoms with E-state index in [1.807, 2.05) is 36.4 Å². The molecule has 152 valence electrons. The number of anilines is 1. The minimum Gasteiger partial charge on any atom is -0.485 e. The second-order valence-electron chi connectivity index (χ2n) is 7.25. The van der Waals surface area contributed by atoms with Crippen LogP contribution in [0.25, 0.3) is 0 Å². The van der Waals surface area contributed by atoms with Crippen LogP contribution in [0.3, 0.4) is 0 Å². The van der Waals surface area contributed by atoms with Crippen molar-refractivity contribution in [2.75, 3.05) is 11.9 Å². The first-order valence-electron chi connectivity index (χ1n) is 9.89. The molecule has 1 saturated carbocycles. The van der Waals surface area contributed by atoms with E-state index < -0.39 is 12.2 Å². The maximum Gasteiger partial charge on any atom is 0.411 e. The summed E-state index contributed by atoms with van der Waals surface area (Å²) in [6.45, 7) is 0.176. The summed E-state index contributed by atoms with van der Waals surface area (Å²) in [6, 6.07) is 16.4. The van der Waals surface area contributed by atoms with Crippen LogP contribution >= 0.6 is 0 Å². The van der Waals surface area contributed by atoms with Crippen molar-refractivity contribution in [1.82, 2.24) is 5.32 Å². The van der Waals surface area contributed by atoms with E-state index in [2.05, 4.69) is 10.6 Å². The van der Waals surface area contributed by atoms with Crippen molar-refractivity contribution in [1.29, 1.82) is 0 Å². The molecule has 7 nitrogen and oxygen atoms in total. The molecule has 1 aliphatic heterocycles. The first-order chi connectivity index (χ1) is 14.2. The molecule has 1 heterocycles. The van der Waals surface area contributed by atoms with Gasteiger partial charge in [0.1, 0.15) is 12.7 Å². The monoisotopic (exact) mass is 396 g/mol. The van der Waals surface area contributed by atoms with E-state index in [-0.39, 0.29) is 24.7 Å². The van der Waals surface area contributed by atoms with Crippen molar-refractivity contribution >= 4 is 17.7 Å². The molecule has 2 aliphatic rings. The number of rotatable bonds is 4. The molecule has 2 N–H and O–H groups in total. The van der Waals surface area contributed by atoms with Gasteiger partial charge in [-0.3, -0.25) is 10.1 Å². The molecule has 2 amide bonds. The molecule has 0 aromatic heterocycles. The fraction of sp³-hybridized carbons (Fsp3) is 0.364. The largest absolute Gasteiger partial charge is 0.485 e. The van der Waals surface area contributed by atoms with Gasteiger partial charge in [0.15, 0.2) is 11.5 Å². The van der Waals surface area contributed by atoms with Crippen molar-refractivity contribution in [3.8, 4) is 11.5 Å². The highest BCUT2D eigenvalue weighted by atomic mass is 16.6. The Kier molecular flexibility index (Phi) is 5.84. The van der Waals surface area contributed by atoms with Gasteiger partial charge in [-0.1, -0.05) is 30.3 Å². The second kappa shape index (κ2) is 8.86. The zero-order valence-corrected chi connectivity index (χ0v) is 16.0. The lowest BCUT2D eigenvalue weighted by Gasteiger charge is -2.31. The average Bonchev–Trinajstić information content (AvgIpc) is 2.74. The topological polar surface area (TPSA) is 85.9 Å². The van der Waals surface area contributed by atoms with E-state index in [9.17, 15) is 9.59 Å². The number of ether oxygens (including phenoxy) is 3. The lowest BCUT2D eigenvalue weighted by molar-refractivity contribution is -0.131. The molecule has 4 rings (SSSR count). The predicted molar refractivity (Wildman–Crippen MR) is 107 cm³/mol. The Morgan fingerprint density at radius 3 is 2.55 bits per heavy atom. The highest BCUT2D eigenvalue weighted by molar-refractivity contribution is 5.84. The molecule has 1 fully saturated rings. The predicted octanol–water partition coefficient (Wildman–Crippen LogP) is 3.50. The number of carbonyl (C=O) groups is 2. The fourth-order valence-corrected chi connectivity index (χ4v) is 3.65. The van der Waals surface area contributed by atoms with E-state index in [0.29, 0.717) is 23.6 Å². The van der Waals surface area contributed by atoms with Crippen molar-refractivity contribution in [2.24, 2.45) is 0 Å². The fourth-order valence-electron chi connectivity index (χ4n) is 3.65. The van der Waals surface area contributed by atoms with Crippen LogP contribution in [0.2, 0.25) is 0 Å². The van der Waals surface area contributed by atoms with Crippen molar-refractivity contribution < 1.29 is 23.8 Å². The van der Waals surface area contributed by atoms with Crippen molar-refractivity contribution in [3.63, 3.8) is 0 Å². The summed E-state index contributed by atoms with van der Waals surface area (Å²) < 4.78 is 16.9. The minimum atomic E-state index is -0.687. The van der Waals surface area contributed by atoms with Gasteiger partial charge in [0.25, 0.3) is 5.91 Å². The average molecular weight is 396 g/mol.